The molecule has 126 valence electrons. The van der Waals surface area contributed by atoms with E-state index in [1.165, 1.54) is 6.33 Å². The van der Waals surface area contributed by atoms with E-state index in [0.29, 0.717) is 17.2 Å². The number of hydrogen-bond donors (Lipinski definition) is 1. The lowest BCUT2D eigenvalue weighted by Crippen LogP contribution is -2.26. The molecule has 0 atom stereocenters. The Labute approximate surface area is 139 Å². The van der Waals surface area contributed by atoms with Gasteiger partial charge in [-0.2, -0.15) is 0 Å². The van der Waals surface area contributed by atoms with Crippen molar-refractivity contribution in [2.45, 2.75) is 32.9 Å². The van der Waals surface area contributed by atoms with Gasteiger partial charge in [0.2, 0.25) is 0 Å². The van der Waals surface area contributed by atoms with E-state index in [1.54, 1.807) is 11.7 Å². The van der Waals surface area contributed by atoms with Crippen LogP contribution in [0, 0.1) is 0 Å². The third-order valence-corrected chi connectivity index (χ3v) is 3.58. The van der Waals surface area contributed by atoms with Crippen molar-refractivity contribution in [2.24, 2.45) is 0 Å². The molecule has 0 spiro atoms. The van der Waals surface area contributed by atoms with E-state index in [2.05, 4.69) is 9.97 Å². The summed E-state index contributed by atoms with van der Waals surface area (Å²) in [5.74, 6) is 0.710. The van der Waals surface area contributed by atoms with Crippen molar-refractivity contribution in [3.63, 3.8) is 0 Å². The number of anilines is 1. The number of nitrogen functional groups attached to an aromatic ring is 1. The maximum atomic E-state index is 12.3. The number of aromatic nitrogens is 3. The van der Waals surface area contributed by atoms with Gasteiger partial charge in [-0.25, -0.2) is 9.97 Å². The molecule has 2 aromatic heterocycles. The zero-order valence-corrected chi connectivity index (χ0v) is 14.2. The molecule has 2 heterocycles. The summed E-state index contributed by atoms with van der Waals surface area (Å²) >= 11 is 0. The van der Waals surface area contributed by atoms with Gasteiger partial charge in [0.05, 0.1) is 18.0 Å². The quantitative estimate of drug-likeness (QED) is 0.743. The molecule has 0 radical (unpaired) electrons. The first-order chi connectivity index (χ1) is 11.3. The minimum atomic E-state index is -0.554. The third kappa shape index (κ3) is 2.84. The second kappa shape index (κ2) is 5.67. The lowest BCUT2D eigenvalue weighted by Gasteiger charge is -2.20. The first kappa shape index (κ1) is 16.0. The van der Waals surface area contributed by atoms with Crippen LogP contribution < -0.4 is 10.5 Å². The molecule has 24 heavy (non-hydrogen) atoms. The van der Waals surface area contributed by atoms with Crippen molar-refractivity contribution >= 4 is 33.7 Å². The number of ether oxygens (including phenoxy) is 2. The van der Waals surface area contributed by atoms with Crippen LogP contribution in [0.3, 0.4) is 0 Å². The highest BCUT2D eigenvalue weighted by Gasteiger charge is 2.21. The Bertz CT molecular complexity index is 925. The van der Waals surface area contributed by atoms with E-state index >= 15 is 0 Å². The van der Waals surface area contributed by atoms with Crippen LogP contribution in [-0.4, -0.2) is 33.2 Å². The van der Waals surface area contributed by atoms with E-state index < -0.39 is 5.60 Å². The maximum Gasteiger partial charge on any atom is 0.326 e. The first-order valence-corrected chi connectivity index (χ1v) is 7.58. The SMILES string of the molecule is COc1ccc2c3c(N)ncnc3n(CC(=O)OC(C)(C)C)c2c1. The fourth-order valence-corrected chi connectivity index (χ4v) is 2.70. The maximum absolute atomic E-state index is 12.3. The molecule has 0 amide bonds. The average Bonchev–Trinajstić information content (AvgIpc) is 2.80. The summed E-state index contributed by atoms with van der Waals surface area (Å²) in [6.07, 6.45) is 1.39. The second-order valence-corrected chi connectivity index (χ2v) is 6.51. The smallest absolute Gasteiger partial charge is 0.326 e. The molecule has 3 aromatic rings. The number of hydrogen-bond acceptors (Lipinski definition) is 6. The van der Waals surface area contributed by atoms with E-state index in [0.717, 1.165) is 16.3 Å². The second-order valence-electron chi connectivity index (χ2n) is 6.51. The number of nitrogens with zero attached hydrogens (tertiary/aromatic N) is 3. The molecule has 0 aliphatic rings. The predicted octanol–water partition coefficient (Wildman–Crippen LogP) is 2.52. The van der Waals surface area contributed by atoms with Crippen LogP contribution >= 0.6 is 0 Å². The molecule has 0 unspecified atom stereocenters. The van der Waals surface area contributed by atoms with Gasteiger partial charge in [-0.1, -0.05) is 0 Å². The topological polar surface area (TPSA) is 92.3 Å². The molecule has 3 rings (SSSR count). The van der Waals surface area contributed by atoms with Gasteiger partial charge in [0.15, 0.2) is 0 Å². The van der Waals surface area contributed by atoms with Crippen LogP contribution in [0.2, 0.25) is 0 Å². The molecular formula is C17H20N4O3. The van der Waals surface area contributed by atoms with Crippen LogP contribution in [0.25, 0.3) is 21.9 Å². The average molecular weight is 328 g/mol. The molecular weight excluding hydrogens is 308 g/mol. The number of esters is 1. The van der Waals surface area contributed by atoms with Crippen LogP contribution in [0.15, 0.2) is 24.5 Å². The van der Waals surface area contributed by atoms with E-state index in [9.17, 15) is 4.79 Å². The number of benzene rings is 1. The Morgan fingerprint density at radius 1 is 1.29 bits per heavy atom. The van der Waals surface area contributed by atoms with Gasteiger partial charge in [0.1, 0.15) is 35.7 Å². The standard InChI is InChI=1S/C17H20N4O3/c1-17(2,3)24-13(22)8-21-12-7-10(23-4)5-6-11(12)14-15(18)19-9-20-16(14)21/h5-7,9H,8H2,1-4H3,(H2,18,19,20). The Balaban J connectivity index is 2.20. The largest absolute Gasteiger partial charge is 0.497 e. The summed E-state index contributed by atoms with van der Waals surface area (Å²) in [6, 6.07) is 5.58. The molecule has 0 bridgehead atoms. The minimum Gasteiger partial charge on any atom is -0.497 e. The van der Waals surface area contributed by atoms with Crippen molar-refractivity contribution in [3.8, 4) is 5.75 Å². The zero-order chi connectivity index (χ0) is 17.5. The molecule has 0 aliphatic heterocycles. The van der Waals surface area contributed by atoms with Crippen molar-refractivity contribution in [1.82, 2.24) is 14.5 Å². The highest BCUT2D eigenvalue weighted by Crippen LogP contribution is 2.33. The van der Waals surface area contributed by atoms with E-state index in [-0.39, 0.29) is 12.5 Å². The molecule has 7 nitrogen and oxygen atoms in total. The van der Waals surface area contributed by atoms with E-state index in [1.807, 2.05) is 39.0 Å². The molecule has 0 saturated carbocycles. The van der Waals surface area contributed by atoms with Gasteiger partial charge in [-0.05, 0) is 32.9 Å². The zero-order valence-electron chi connectivity index (χ0n) is 14.2. The molecule has 7 heteroatoms. The third-order valence-electron chi connectivity index (χ3n) is 3.58. The summed E-state index contributed by atoms with van der Waals surface area (Å²) in [5.41, 5.74) is 6.86. The Morgan fingerprint density at radius 3 is 2.71 bits per heavy atom. The Morgan fingerprint density at radius 2 is 2.04 bits per heavy atom. The predicted molar refractivity (Wildman–Crippen MR) is 91.8 cm³/mol. The van der Waals surface area contributed by atoms with Gasteiger partial charge in [-0.15, -0.1) is 0 Å². The van der Waals surface area contributed by atoms with Gasteiger partial charge in [0, 0.05) is 11.5 Å². The summed E-state index contributed by atoms with van der Waals surface area (Å²) < 4.78 is 12.5. The molecule has 0 saturated heterocycles. The Hall–Kier alpha value is -2.83. The first-order valence-electron chi connectivity index (χ1n) is 7.58. The normalized spacial score (nSPS) is 11.8. The summed E-state index contributed by atoms with van der Waals surface area (Å²) in [4.78, 5) is 20.7. The monoisotopic (exact) mass is 328 g/mol. The fourth-order valence-electron chi connectivity index (χ4n) is 2.70. The van der Waals surface area contributed by atoms with E-state index in [4.69, 9.17) is 15.2 Å². The lowest BCUT2D eigenvalue weighted by atomic mass is 10.2. The van der Waals surface area contributed by atoms with Gasteiger partial charge < -0.3 is 19.8 Å². The van der Waals surface area contributed by atoms with Crippen molar-refractivity contribution in [1.29, 1.82) is 0 Å². The lowest BCUT2D eigenvalue weighted by molar-refractivity contribution is -0.155. The number of carbonyl (C=O) groups is 1. The highest BCUT2D eigenvalue weighted by atomic mass is 16.6. The van der Waals surface area contributed by atoms with Crippen LogP contribution in [0.4, 0.5) is 5.82 Å². The molecule has 0 aliphatic carbocycles. The summed E-state index contributed by atoms with van der Waals surface area (Å²) in [7, 11) is 1.59. The number of rotatable bonds is 3. The summed E-state index contributed by atoms with van der Waals surface area (Å²) in [5, 5.41) is 1.59. The van der Waals surface area contributed by atoms with Gasteiger partial charge in [-0.3, -0.25) is 4.79 Å². The Kier molecular flexibility index (Phi) is 3.79. The molecule has 2 N–H and O–H groups in total. The van der Waals surface area contributed by atoms with Crippen molar-refractivity contribution < 1.29 is 14.3 Å². The number of fused-ring (bicyclic) bond motifs is 3. The summed E-state index contributed by atoms with van der Waals surface area (Å²) in [6.45, 7) is 5.53. The van der Waals surface area contributed by atoms with Crippen LogP contribution in [0.5, 0.6) is 5.75 Å². The number of carbonyl (C=O) groups excluding carboxylic acids is 1. The number of methoxy groups -OCH3 is 1. The highest BCUT2D eigenvalue weighted by molar-refractivity contribution is 6.12. The van der Waals surface area contributed by atoms with Crippen LogP contribution in [-0.2, 0) is 16.1 Å². The van der Waals surface area contributed by atoms with Crippen LogP contribution in [0.1, 0.15) is 20.8 Å². The van der Waals surface area contributed by atoms with Crippen molar-refractivity contribution in [2.75, 3.05) is 12.8 Å². The molecule has 0 fully saturated rings. The van der Waals surface area contributed by atoms with Gasteiger partial charge >= 0.3 is 5.97 Å². The fraction of sp³-hybridized carbons (Fsp3) is 0.353. The minimum absolute atomic E-state index is 0.0287. The van der Waals surface area contributed by atoms with Gasteiger partial charge in [0.25, 0.3) is 0 Å². The molecule has 1 aromatic carbocycles. The van der Waals surface area contributed by atoms with Crippen molar-refractivity contribution in [3.05, 3.63) is 24.5 Å². The number of nitrogens with two attached hydrogens (primary N) is 1.